The summed E-state index contributed by atoms with van der Waals surface area (Å²) < 4.78 is 28.0. The Morgan fingerprint density at radius 3 is 2.52 bits per heavy atom. The van der Waals surface area contributed by atoms with E-state index in [4.69, 9.17) is 0 Å². The van der Waals surface area contributed by atoms with Gasteiger partial charge in [0.1, 0.15) is 5.41 Å². The normalized spacial score (nSPS) is 23.0. The van der Waals surface area contributed by atoms with E-state index < -0.39 is 20.7 Å². The second-order valence-electron chi connectivity index (χ2n) is 6.93. The van der Waals surface area contributed by atoms with E-state index in [-0.39, 0.29) is 12.5 Å². The van der Waals surface area contributed by atoms with Crippen molar-refractivity contribution in [3.8, 4) is 6.07 Å². The predicted molar refractivity (Wildman–Crippen MR) is 95.1 cm³/mol. The summed E-state index contributed by atoms with van der Waals surface area (Å²) >= 11 is 0. The minimum atomic E-state index is -3.58. The average Bonchev–Trinajstić information content (AvgIpc) is 3.12. The fourth-order valence-electron chi connectivity index (χ4n) is 3.78. The number of rotatable bonds is 4. The Hall–Kier alpha value is -2.07. The minimum Gasteiger partial charge on any atom is -0.340 e. The third-order valence-electron chi connectivity index (χ3n) is 5.22. The third-order valence-corrected chi connectivity index (χ3v) is 7.00. The predicted octanol–water partition coefficient (Wildman–Crippen LogP) is 2.50. The Balaban J connectivity index is 1.72. The summed E-state index contributed by atoms with van der Waals surface area (Å²) in [5.41, 5.74) is -0.423. The lowest BCUT2D eigenvalue weighted by Gasteiger charge is -2.36. The van der Waals surface area contributed by atoms with Crippen molar-refractivity contribution >= 4 is 21.6 Å². The van der Waals surface area contributed by atoms with Crippen LogP contribution in [0.5, 0.6) is 0 Å². The second kappa shape index (κ2) is 7.04. The molecule has 0 radical (unpaired) electrons. The van der Waals surface area contributed by atoms with Gasteiger partial charge in [0.05, 0.1) is 11.3 Å². The molecular formula is C18H23N3O3S. The number of sulfonamides is 1. The van der Waals surface area contributed by atoms with Gasteiger partial charge in [0, 0.05) is 18.8 Å². The number of carbonyl (C=O) groups is 1. The van der Waals surface area contributed by atoms with Crippen LogP contribution in [-0.2, 0) is 14.8 Å². The number of amides is 1. The van der Waals surface area contributed by atoms with Crippen molar-refractivity contribution in [2.75, 3.05) is 17.8 Å². The number of anilines is 1. The van der Waals surface area contributed by atoms with E-state index in [0.717, 1.165) is 12.8 Å². The Kier molecular flexibility index (Phi) is 5.00. The number of likely N-dealkylation sites (tertiary alicyclic amines) is 1. The lowest BCUT2D eigenvalue weighted by Crippen LogP contribution is -2.50. The van der Waals surface area contributed by atoms with E-state index in [1.165, 1.54) is 0 Å². The Labute approximate surface area is 148 Å². The van der Waals surface area contributed by atoms with E-state index in [2.05, 4.69) is 10.8 Å². The fraction of sp³-hybridized carbons (Fsp3) is 0.556. The first kappa shape index (κ1) is 17.7. The fourth-order valence-corrected chi connectivity index (χ4v) is 5.27. The van der Waals surface area contributed by atoms with Gasteiger partial charge in [0.15, 0.2) is 0 Å². The van der Waals surface area contributed by atoms with Gasteiger partial charge in [-0.15, -0.1) is 0 Å². The molecule has 2 fully saturated rings. The molecule has 1 aliphatic carbocycles. The highest BCUT2D eigenvalue weighted by Gasteiger charge is 2.45. The maximum Gasteiger partial charge on any atom is 0.243 e. The molecule has 1 saturated carbocycles. The van der Waals surface area contributed by atoms with Crippen LogP contribution >= 0.6 is 0 Å². The van der Waals surface area contributed by atoms with Crippen LogP contribution in [0.25, 0.3) is 0 Å². The molecule has 1 aliphatic heterocycles. The molecule has 1 saturated heterocycles. The van der Waals surface area contributed by atoms with Crippen LogP contribution in [0.3, 0.4) is 0 Å². The Morgan fingerprint density at radius 2 is 1.88 bits per heavy atom. The molecule has 134 valence electrons. The van der Waals surface area contributed by atoms with E-state index in [1.807, 2.05) is 6.07 Å². The average molecular weight is 361 g/mol. The molecule has 1 atom stereocenters. The quantitative estimate of drug-likeness (QED) is 0.892. The van der Waals surface area contributed by atoms with Crippen LogP contribution in [-0.4, -0.2) is 37.6 Å². The molecule has 7 heteroatoms. The highest BCUT2D eigenvalue weighted by Crippen LogP contribution is 2.39. The van der Waals surface area contributed by atoms with Crippen molar-refractivity contribution in [3.05, 3.63) is 30.3 Å². The number of carbonyl (C=O) groups excluding carboxylic acids is 1. The molecule has 1 N–H and O–H groups in total. The van der Waals surface area contributed by atoms with Crippen molar-refractivity contribution in [3.63, 3.8) is 0 Å². The van der Waals surface area contributed by atoms with Crippen LogP contribution in [0.1, 0.15) is 38.5 Å². The Morgan fingerprint density at radius 1 is 1.20 bits per heavy atom. The molecule has 1 heterocycles. The summed E-state index contributed by atoms with van der Waals surface area (Å²) in [6.07, 6.45) is 4.07. The van der Waals surface area contributed by atoms with Crippen LogP contribution in [0.4, 0.5) is 5.69 Å². The molecular weight excluding hydrogens is 338 g/mol. The SMILES string of the molecule is N#CC1(C(=O)N2CCC[C@H](S(=O)(=O)Nc3ccccc3)C2)CCCC1. The number of piperidine rings is 1. The van der Waals surface area contributed by atoms with E-state index >= 15 is 0 Å². The summed E-state index contributed by atoms with van der Waals surface area (Å²) in [5, 5.41) is 8.86. The third kappa shape index (κ3) is 3.64. The number of para-hydroxylation sites is 1. The van der Waals surface area contributed by atoms with Crippen molar-refractivity contribution in [2.24, 2.45) is 5.41 Å². The summed E-state index contributed by atoms with van der Waals surface area (Å²) in [5.74, 6) is -0.188. The van der Waals surface area contributed by atoms with E-state index in [0.29, 0.717) is 37.9 Å². The van der Waals surface area contributed by atoms with Gasteiger partial charge in [-0.25, -0.2) is 8.42 Å². The molecule has 0 spiro atoms. The molecule has 2 aliphatic rings. The first-order valence-electron chi connectivity index (χ1n) is 8.74. The molecule has 1 aromatic carbocycles. The zero-order valence-electron chi connectivity index (χ0n) is 14.1. The van der Waals surface area contributed by atoms with Gasteiger partial charge in [0.25, 0.3) is 0 Å². The van der Waals surface area contributed by atoms with Crippen LogP contribution < -0.4 is 4.72 Å². The van der Waals surface area contributed by atoms with Crippen LogP contribution in [0.2, 0.25) is 0 Å². The molecule has 0 aromatic heterocycles. The first-order chi connectivity index (χ1) is 12.0. The van der Waals surface area contributed by atoms with Crippen molar-refractivity contribution in [1.82, 2.24) is 4.90 Å². The number of benzene rings is 1. The summed E-state index contributed by atoms with van der Waals surface area (Å²) in [6.45, 7) is 0.685. The van der Waals surface area contributed by atoms with E-state index in [9.17, 15) is 18.5 Å². The van der Waals surface area contributed by atoms with E-state index in [1.54, 1.807) is 29.2 Å². The number of nitriles is 1. The summed E-state index contributed by atoms with van der Waals surface area (Å²) in [6, 6.07) is 11.0. The number of nitrogens with one attached hydrogen (secondary N) is 1. The lowest BCUT2D eigenvalue weighted by molar-refractivity contribution is -0.139. The summed E-state index contributed by atoms with van der Waals surface area (Å²) in [4.78, 5) is 14.5. The smallest absolute Gasteiger partial charge is 0.243 e. The molecule has 1 amide bonds. The highest BCUT2D eigenvalue weighted by atomic mass is 32.2. The number of hydrogen-bond donors (Lipinski definition) is 1. The van der Waals surface area contributed by atoms with Crippen LogP contribution in [0, 0.1) is 16.7 Å². The molecule has 0 bridgehead atoms. The molecule has 3 rings (SSSR count). The van der Waals surface area contributed by atoms with Gasteiger partial charge in [-0.05, 0) is 37.8 Å². The standard InChI is InChI=1S/C18H23N3O3S/c19-14-18(10-4-5-11-18)17(22)21-12-6-9-16(13-21)25(23,24)20-15-7-2-1-3-8-15/h1-3,7-8,16,20H,4-6,9-13H2/t16-/m0/s1. The van der Waals surface area contributed by atoms with Crippen molar-refractivity contribution in [1.29, 1.82) is 5.26 Å². The van der Waals surface area contributed by atoms with Crippen LogP contribution in [0.15, 0.2) is 30.3 Å². The summed E-state index contributed by atoms with van der Waals surface area (Å²) in [7, 11) is -3.58. The maximum absolute atomic E-state index is 12.9. The van der Waals surface area contributed by atoms with Crippen molar-refractivity contribution < 1.29 is 13.2 Å². The Bertz CT molecular complexity index is 765. The highest BCUT2D eigenvalue weighted by molar-refractivity contribution is 7.93. The number of nitrogens with zero attached hydrogens (tertiary/aromatic N) is 2. The zero-order valence-corrected chi connectivity index (χ0v) is 15.0. The van der Waals surface area contributed by atoms with Gasteiger partial charge >= 0.3 is 0 Å². The van der Waals surface area contributed by atoms with Gasteiger partial charge in [-0.3, -0.25) is 9.52 Å². The molecule has 25 heavy (non-hydrogen) atoms. The molecule has 0 unspecified atom stereocenters. The lowest BCUT2D eigenvalue weighted by atomic mass is 9.86. The van der Waals surface area contributed by atoms with Gasteiger partial charge in [0.2, 0.25) is 15.9 Å². The minimum absolute atomic E-state index is 0.157. The number of hydrogen-bond acceptors (Lipinski definition) is 4. The first-order valence-corrected chi connectivity index (χ1v) is 10.3. The van der Waals surface area contributed by atoms with Gasteiger partial charge in [-0.2, -0.15) is 5.26 Å². The zero-order chi connectivity index (χ0) is 17.9. The van der Waals surface area contributed by atoms with Gasteiger partial charge < -0.3 is 4.90 Å². The second-order valence-corrected chi connectivity index (χ2v) is 8.89. The van der Waals surface area contributed by atoms with Crippen molar-refractivity contribution in [2.45, 2.75) is 43.8 Å². The van der Waals surface area contributed by atoms with Gasteiger partial charge in [-0.1, -0.05) is 31.0 Å². The topological polar surface area (TPSA) is 90.3 Å². The molecule has 1 aromatic rings. The molecule has 6 nitrogen and oxygen atoms in total. The maximum atomic E-state index is 12.9. The monoisotopic (exact) mass is 361 g/mol. The largest absolute Gasteiger partial charge is 0.340 e.